The van der Waals surface area contributed by atoms with Crippen molar-refractivity contribution >= 4 is 46.1 Å². The van der Waals surface area contributed by atoms with Gasteiger partial charge < -0.3 is 9.30 Å². The van der Waals surface area contributed by atoms with E-state index >= 15 is 0 Å². The highest BCUT2D eigenvalue weighted by Crippen LogP contribution is 2.24. The van der Waals surface area contributed by atoms with Crippen molar-refractivity contribution in [1.82, 2.24) is 14.5 Å². The van der Waals surface area contributed by atoms with Crippen LogP contribution in [0.2, 0.25) is 10.0 Å². The van der Waals surface area contributed by atoms with Crippen molar-refractivity contribution < 1.29 is 9.53 Å². The van der Waals surface area contributed by atoms with E-state index in [0.717, 1.165) is 43.9 Å². The Morgan fingerprint density at radius 1 is 1.11 bits per heavy atom. The van der Waals surface area contributed by atoms with Crippen LogP contribution in [0.4, 0.5) is 5.95 Å². The summed E-state index contributed by atoms with van der Waals surface area (Å²) in [5.41, 5.74) is 2.17. The number of morpholine rings is 1. The quantitative estimate of drug-likeness (QED) is 0.681. The molecule has 4 rings (SSSR count). The van der Waals surface area contributed by atoms with Crippen LogP contribution in [-0.2, 0) is 11.3 Å². The highest BCUT2D eigenvalue weighted by atomic mass is 35.5. The van der Waals surface area contributed by atoms with Crippen LogP contribution in [-0.4, -0.2) is 53.2 Å². The minimum atomic E-state index is -0.315. The third-order valence-corrected chi connectivity index (χ3v) is 5.35. The minimum Gasteiger partial charge on any atom is -0.379 e. The molecule has 1 fully saturated rings. The first kappa shape index (κ1) is 19.2. The molecule has 0 aliphatic carbocycles. The Kier molecular flexibility index (Phi) is 5.82. The molecule has 146 valence electrons. The Labute approximate surface area is 173 Å². The maximum Gasteiger partial charge on any atom is 0.259 e. The maximum absolute atomic E-state index is 12.8. The minimum absolute atomic E-state index is 0.306. The zero-order valence-electron chi connectivity index (χ0n) is 15.2. The van der Waals surface area contributed by atoms with Crippen molar-refractivity contribution in [2.75, 3.05) is 38.2 Å². The molecule has 0 saturated carbocycles. The molecule has 0 bridgehead atoms. The Morgan fingerprint density at radius 3 is 2.68 bits per heavy atom. The lowest BCUT2D eigenvalue weighted by Gasteiger charge is -2.26. The first-order valence-corrected chi connectivity index (χ1v) is 9.89. The van der Waals surface area contributed by atoms with Crippen LogP contribution >= 0.6 is 23.2 Å². The first-order valence-electron chi connectivity index (χ1n) is 9.13. The van der Waals surface area contributed by atoms with Gasteiger partial charge in [0.25, 0.3) is 5.91 Å². The molecule has 1 aliphatic rings. The van der Waals surface area contributed by atoms with Gasteiger partial charge in [-0.1, -0.05) is 35.3 Å². The molecule has 1 saturated heterocycles. The van der Waals surface area contributed by atoms with Crippen molar-refractivity contribution in [2.24, 2.45) is 0 Å². The van der Waals surface area contributed by atoms with E-state index < -0.39 is 0 Å². The van der Waals surface area contributed by atoms with Gasteiger partial charge in [-0.05, 0) is 30.3 Å². The van der Waals surface area contributed by atoms with Crippen LogP contribution < -0.4 is 5.32 Å². The van der Waals surface area contributed by atoms with E-state index in [4.69, 9.17) is 27.9 Å². The van der Waals surface area contributed by atoms with E-state index in [0.29, 0.717) is 28.1 Å². The third kappa shape index (κ3) is 4.15. The van der Waals surface area contributed by atoms with Crippen LogP contribution in [0.15, 0.2) is 42.5 Å². The van der Waals surface area contributed by atoms with Crippen LogP contribution in [0.1, 0.15) is 10.4 Å². The molecule has 1 aliphatic heterocycles. The Morgan fingerprint density at radius 2 is 1.89 bits per heavy atom. The van der Waals surface area contributed by atoms with Crippen LogP contribution in [0.5, 0.6) is 0 Å². The van der Waals surface area contributed by atoms with Crippen LogP contribution in [0, 0.1) is 0 Å². The van der Waals surface area contributed by atoms with E-state index in [1.54, 1.807) is 18.2 Å². The summed E-state index contributed by atoms with van der Waals surface area (Å²) >= 11 is 12.1. The number of carbonyl (C=O) groups is 1. The van der Waals surface area contributed by atoms with Crippen molar-refractivity contribution in [1.29, 1.82) is 0 Å². The molecule has 8 heteroatoms. The number of benzene rings is 2. The lowest BCUT2D eigenvalue weighted by molar-refractivity contribution is 0.0366. The fourth-order valence-electron chi connectivity index (χ4n) is 3.31. The summed E-state index contributed by atoms with van der Waals surface area (Å²) in [6, 6.07) is 12.7. The van der Waals surface area contributed by atoms with Gasteiger partial charge in [-0.3, -0.25) is 15.0 Å². The first-order chi connectivity index (χ1) is 13.6. The molecule has 0 unspecified atom stereocenters. The van der Waals surface area contributed by atoms with Gasteiger partial charge >= 0.3 is 0 Å². The second-order valence-electron chi connectivity index (χ2n) is 6.61. The van der Waals surface area contributed by atoms with Gasteiger partial charge in [-0.25, -0.2) is 4.98 Å². The van der Waals surface area contributed by atoms with Gasteiger partial charge in [-0.2, -0.15) is 0 Å². The SMILES string of the molecule is O=C(Nc1nc2ccccc2n1CCN1CCOCC1)c1ccc(Cl)cc1Cl. The number of halogens is 2. The topological polar surface area (TPSA) is 59.4 Å². The zero-order valence-corrected chi connectivity index (χ0v) is 16.7. The maximum atomic E-state index is 12.8. The van der Waals surface area contributed by atoms with Crippen LogP contribution in [0.3, 0.4) is 0 Å². The average Bonchev–Trinajstić information content (AvgIpc) is 3.04. The third-order valence-electron chi connectivity index (χ3n) is 4.80. The molecular weight excluding hydrogens is 399 g/mol. The van der Waals surface area contributed by atoms with E-state index in [1.807, 2.05) is 28.8 Å². The number of fused-ring (bicyclic) bond motifs is 1. The summed E-state index contributed by atoms with van der Waals surface area (Å²) in [5.74, 6) is 0.190. The summed E-state index contributed by atoms with van der Waals surface area (Å²) in [4.78, 5) is 19.7. The highest BCUT2D eigenvalue weighted by Gasteiger charge is 2.18. The molecule has 1 aromatic heterocycles. The number of nitrogens with one attached hydrogen (secondary N) is 1. The average molecular weight is 419 g/mol. The molecule has 6 nitrogen and oxygen atoms in total. The van der Waals surface area contributed by atoms with E-state index in [-0.39, 0.29) is 5.91 Å². The lowest BCUT2D eigenvalue weighted by Crippen LogP contribution is -2.38. The van der Waals surface area contributed by atoms with E-state index in [9.17, 15) is 4.79 Å². The summed E-state index contributed by atoms with van der Waals surface area (Å²) < 4.78 is 7.45. The van der Waals surface area contributed by atoms with Crippen molar-refractivity contribution in [3.63, 3.8) is 0 Å². The highest BCUT2D eigenvalue weighted by molar-refractivity contribution is 6.37. The van der Waals surface area contributed by atoms with Gasteiger partial charge in [0.2, 0.25) is 5.95 Å². The summed E-state index contributed by atoms with van der Waals surface area (Å²) in [6.07, 6.45) is 0. The number of nitrogens with zero attached hydrogens (tertiary/aromatic N) is 3. The fraction of sp³-hybridized carbons (Fsp3) is 0.300. The number of hydrogen-bond donors (Lipinski definition) is 1. The predicted octanol–water partition coefficient (Wildman–Crippen LogP) is 3.93. The fourth-order valence-corrected chi connectivity index (χ4v) is 3.80. The number of aromatic nitrogens is 2. The van der Waals surface area contributed by atoms with Gasteiger partial charge in [-0.15, -0.1) is 0 Å². The van der Waals surface area contributed by atoms with Crippen molar-refractivity contribution in [3.05, 3.63) is 58.1 Å². The predicted molar refractivity (Wildman–Crippen MR) is 111 cm³/mol. The molecule has 3 aromatic rings. The van der Waals surface area contributed by atoms with E-state index in [1.165, 1.54) is 0 Å². The van der Waals surface area contributed by atoms with Gasteiger partial charge in [0.15, 0.2) is 0 Å². The van der Waals surface area contributed by atoms with Gasteiger partial charge in [0, 0.05) is 31.2 Å². The number of amides is 1. The molecular formula is C20H20Cl2N4O2. The molecule has 2 heterocycles. The summed E-state index contributed by atoms with van der Waals surface area (Å²) in [6.45, 7) is 4.90. The Hall–Kier alpha value is -2.12. The van der Waals surface area contributed by atoms with Gasteiger partial charge in [0.1, 0.15) is 0 Å². The molecule has 2 aromatic carbocycles. The summed E-state index contributed by atoms with van der Waals surface area (Å²) in [5, 5.41) is 3.70. The van der Waals surface area contributed by atoms with Gasteiger partial charge in [0.05, 0.1) is 34.8 Å². The molecule has 0 radical (unpaired) electrons. The monoisotopic (exact) mass is 418 g/mol. The van der Waals surface area contributed by atoms with Crippen LogP contribution in [0.25, 0.3) is 11.0 Å². The number of imidazole rings is 1. The van der Waals surface area contributed by atoms with Crippen molar-refractivity contribution in [2.45, 2.75) is 6.54 Å². The molecule has 28 heavy (non-hydrogen) atoms. The molecule has 0 spiro atoms. The molecule has 1 N–H and O–H groups in total. The largest absolute Gasteiger partial charge is 0.379 e. The zero-order chi connectivity index (χ0) is 19.5. The smallest absolute Gasteiger partial charge is 0.259 e. The molecule has 1 amide bonds. The number of ether oxygens (including phenoxy) is 1. The Bertz CT molecular complexity index is 999. The standard InChI is InChI=1S/C20H20Cl2N4O2/c21-14-5-6-15(16(22)13-14)19(27)24-20-23-17-3-1-2-4-18(17)26(20)8-7-25-9-11-28-12-10-25/h1-6,13H,7-12H2,(H,23,24,27). The van der Waals surface area contributed by atoms with E-state index in [2.05, 4.69) is 15.2 Å². The number of anilines is 1. The number of carbonyl (C=O) groups excluding carboxylic acids is 1. The lowest BCUT2D eigenvalue weighted by atomic mass is 10.2. The number of hydrogen-bond acceptors (Lipinski definition) is 4. The number of para-hydroxylation sites is 2. The second kappa shape index (κ2) is 8.49. The second-order valence-corrected chi connectivity index (χ2v) is 7.45. The van der Waals surface area contributed by atoms with Crippen molar-refractivity contribution in [3.8, 4) is 0 Å². The Balaban J connectivity index is 1.59. The summed E-state index contributed by atoms with van der Waals surface area (Å²) in [7, 11) is 0. The number of rotatable bonds is 5. The molecule has 0 atom stereocenters. The normalized spacial score (nSPS) is 15.1.